The molecule has 1 amide bonds. The molecule has 2 aromatic carbocycles. The van der Waals surface area contributed by atoms with Crippen LogP contribution in [0.5, 0.6) is 5.75 Å². The molecule has 3 aromatic rings. The van der Waals surface area contributed by atoms with Crippen molar-refractivity contribution in [3.8, 4) is 5.75 Å². The highest BCUT2D eigenvalue weighted by atomic mass is 16.3. The molecule has 0 unspecified atom stereocenters. The van der Waals surface area contributed by atoms with Crippen LogP contribution in [-0.4, -0.2) is 16.0 Å². The van der Waals surface area contributed by atoms with Crippen LogP contribution in [-0.2, 0) is 0 Å². The van der Waals surface area contributed by atoms with Crippen LogP contribution in [0, 0.1) is 6.92 Å². The number of carbonyl (C=O) groups is 1. The SMILES string of the molecule is Cc1ccc(NC(=O)c2cccc3cccnc23)cc1O. The van der Waals surface area contributed by atoms with Crippen molar-refractivity contribution in [2.24, 2.45) is 0 Å². The largest absolute Gasteiger partial charge is 0.508 e. The standard InChI is InChI=1S/C17H14N2O2/c1-11-7-8-13(10-15(11)20)19-17(21)14-6-2-4-12-5-3-9-18-16(12)14/h2-10,20H,1H3,(H,19,21). The summed E-state index contributed by atoms with van der Waals surface area (Å²) in [4.78, 5) is 16.7. The summed E-state index contributed by atoms with van der Waals surface area (Å²) < 4.78 is 0. The second-order valence-corrected chi connectivity index (χ2v) is 4.84. The number of carbonyl (C=O) groups excluding carboxylic acids is 1. The summed E-state index contributed by atoms with van der Waals surface area (Å²) in [7, 11) is 0. The van der Waals surface area contributed by atoms with Gasteiger partial charge in [-0.2, -0.15) is 0 Å². The summed E-state index contributed by atoms with van der Waals surface area (Å²) >= 11 is 0. The van der Waals surface area contributed by atoms with Gasteiger partial charge in [-0.25, -0.2) is 0 Å². The summed E-state index contributed by atoms with van der Waals surface area (Å²) in [6, 6.07) is 14.3. The smallest absolute Gasteiger partial charge is 0.257 e. The first kappa shape index (κ1) is 13.1. The van der Waals surface area contributed by atoms with Gasteiger partial charge in [-0.15, -0.1) is 0 Å². The van der Waals surface area contributed by atoms with Crippen molar-refractivity contribution in [2.45, 2.75) is 6.92 Å². The van der Waals surface area contributed by atoms with Crippen molar-refractivity contribution in [1.29, 1.82) is 0 Å². The van der Waals surface area contributed by atoms with E-state index in [4.69, 9.17) is 0 Å². The number of benzene rings is 2. The summed E-state index contributed by atoms with van der Waals surface area (Å²) in [5.74, 6) is -0.0913. The fourth-order valence-corrected chi connectivity index (χ4v) is 2.17. The first-order valence-corrected chi connectivity index (χ1v) is 6.60. The van der Waals surface area contributed by atoms with Crippen LogP contribution in [0.1, 0.15) is 15.9 Å². The molecule has 0 fully saturated rings. The Balaban J connectivity index is 1.95. The van der Waals surface area contributed by atoms with E-state index in [1.165, 1.54) is 6.07 Å². The maximum absolute atomic E-state index is 12.4. The fourth-order valence-electron chi connectivity index (χ4n) is 2.17. The number of pyridine rings is 1. The molecule has 0 bridgehead atoms. The maximum Gasteiger partial charge on any atom is 0.257 e. The number of hydrogen-bond acceptors (Lipinski definition) is 3. The van der Waals surface area contributed by atoms with E-state index in [2.05, 4.69) is 10.3 Å². The number of aryl methyl sites for hydroxylation is 1. The number of nitrogens with one attached hydrogen (secondary N) is 1. The van der Waals surface area contributed by atoms with Gasteiger partial charge >= 0.3 is 0 Å². The van der Waals surface area contributed by atoms with E-state index >= 15 is 0 Å². The third kappa shape index (κ3) is 2.56. The quantitative estimate of drug-likeness (QED) is 0.754. The summed E-state index contributed by atoms with van der Waals surface area (Å²) in [6.45, 7) is 1.80. The Hall–Kier alpha value is -2.88. The molecule has 0 radical (unpaired) electrons. The molecule has 0 aliphatic heterocycles. The van der Waals surface area contributed by atoms with Crippen molar-refractivity contribution < 1.29 is 9.90 Å². The molecule has 1 aromatic heterocycles. The first-order chi connectivity index (χ1) is 10.1. The minimum absolute atomic E-state index is 0.156. The molecule has 0 aliphatic carbocycles. The number of rotatable bonds is 2. The predicted molar refractivity (Wildman–Crippen MR) is 82.5 cm³/mol. The average molecular weight is 278 g/mol. The number of phenols is 1. The Morgan fingerprint density at radius 2 is 1.95 bits per heavy atom. The zero-order chi connectivity index (χ0) is 14.8. The van der Waals surface area contributed by atoms with Crippen molar-refractivity contribution in [1.82, 2.24) is 4.98 Å². The van der Waals surface area contributed by atoms with E-state index in [0.717, 1.165) is 10.9 Å². The van der Waals surface area contributed by atoms with Gasteiger partial charge in [0, 0.05) is 23.3 Å². The van der Waals surface area contributed by atoms with Gasteiger partial charge in [-0.1, -0.05) is 24.3 Å². The highest BCUT2D eigenvalue weighted by Crippen LogP contribution is 2.22. The molecule has 0 saturated heterocycles. The highest BCUT2D eigenvalue weighted by Gasteiger charge is 2.11. The second-order valence-electron chi connectivity index (χ2n) is 4.84. The lowest BCUT2D eigenvalue weighted by molar-refractivity contribution is 0.102. The van der Waals surface area contributed by atoms with Gasteiger partial charge in [0.2, 0.25) is 0 Å². The number of aromatic hydroxyl groups is 1. The lowest BCUT2D eigenvalue weighted by atomic mass is 10.1. The molecule has 0 saturated carbocycles. The lowest BCUT2D eigenvalue weighted by Gasteiger charge is -2.08. The molecule has 4 nitrogen and oxygen atoms in total. The topological polar surface area (TPSA) is 62.2 Å². The van der Waals surface area contributed by atoms with Gasteiger partial charge in [0.05, 0.1) is 11.1 Å². The minimum atomic E-state index is -0.248. The molecule has 3 rings (SSSR count). The van der Waals surface area contributed by atoms with Gasteiger partial charge in [0.25, 0.3) is 5.91 Å². The van der Waals surface area contributed by atoms with Crippen molar-refractivity contribution in [2.75, 3.05) is 5.32 Å². The molecule has 0 spiro atoms. The Morgan fingerprint density at radius 1 is 1.14 bits per heavy atom. The molecule has 0 atom stereocenters. The Kier molecular flexibility index (Phi) is 3.28. The van der Waals surface area contributed by atoms with E-state index in [-0.39, 0.29) is 11.7 Å². The third-order valence-electron chi connectivity index (χ3n) is 3.34. The molecule has 2 N–H and O–H groups in total. The zero-order valence-electron chi connectivity index (χ0n) is 11.5. The Bertz CT molecular complexity index is 823. The van der Waals surface area contributed by atoms with Gasteiger partial charge in [-0.05, 0) is 30.7 Å². The van der Waals surface area contributed by atoms with E-state index in [0.29, 0.717) is 16.8 Å². The number of fused-ring (bicyclic) bond motifs is 1. The monoisotopic (exact) mass is 278 g/mol. The van der Waals surface area contributed by atoms with Crippen LogP contribution in [0.4, 0.5) is 5.69 Å². The maximum atomic E-state index is 12.4. The van der Waals surface area contributed by atoms with Crippen LogP contribution in [0.15, 0.2) is 54.7 Å². The number of anilines is 1. The van der Waals surface area contributed by atoms with Crippen molar-refractivity contribution in [3.63, 3.8) is 0 Å². The van der Waals surface area contributed by atoms with E-state index in [1.807, 2.05) is 24.3 Å². The van der Waals surface area contributed by atoms with E-state index in [9.17, 15) is 9.90 Å². The van der Waals surface area contributed by atoms with Crippen LogP contribution in [0.2, 0.25) is 0 Å². The number of nitrogens with zero attached hydrogens (tertiary/aromatic N) is 1. The Labute approximate surface area is 122 Å². The number of para-hydroxylation sites is 1. The average Bonchev–Trinajstić information content (AvgIpc) is 2.50. The van der Waals surface area contributed by atoms with Crippen LogP contribution >= 0.6 is 0 Å². The summed E-state index contributed by atoms with van der Waals surface area (Å²) in [6.07, 6.45) is 1.66. The molecule has 104 valence electrons. The summed E-state index contributed by atoms with van der Waals surface area (Å²) in [5.41, 5.74) is 2.48. The molecular formula is C17H14N2O2. The number of phenolic OH excluding ortho intramolecular Hbond substituents is 1. The number of aromatic nitrogens is 1. The van der Waals surface area contributed by atoms with Crippen molar-refractivity contribution >= 4 is 22.5 Å². The fraction of sp³-hybridized carbons (Fsp3) is 0.0588. The van der Waals surface area contributed by atoms with Crippen LogP contribution < -0.4 is 5.32 Å². The number of amides is 1. The zero-order valence-corrected chi connectivity index (χ0v) is 11.5. The lowest BCUT2D eigenvalue weighted by Crippen LogP contribution is -2.12. The van der Waals surface area contributed by atoms with Gasteiger partial charge < -0.3 is 10.4 Å². The van der Waals surface area contributed by atoms with Gasteiger partial charge in [-0.3, -0.25) is 9.78 Å². The van der Waals surface area contributed by atoms with Crippen LogP contribution in [0.3, 0.4) is 0 Å². The first-order valence-electron chi connectivity index (χ1n) is 6.60. The highest BCUT2D eigenvalue weighted by molar-refractivity contribution is 6.11. The minimum Gasteiger partial charge on any atom is -0.508 e. The van der Waals surface area contributed by atoms with Gasteiger partial charge in [0.15, 0.2) is 0 Å². The predicted octanol–water partition coefficient (Wildman–Crippen LogP) is 3.50. The molecule has 21 heavy (non-hydrogen) atoms. The number of hydrogen-bond donors (Lipinski definition) is 2. The Morgan fingerprint density at radius 3 is 2.76 bits per heavy atom. The van der Waals surface area contributed by atoms with E-state index < -0.39 is 0 Å². The molecule has 1 heterocycles. The molecular weight excluding hydrogens is 264 g/mol. The third-order valence-corrected chi connectivity index (χ3v) is 3.34. The summed E-state index contributed by atoms with van der Waals surface area (Å²) in [5, 5.41) is 13.4. The van der Waals surface area contributed by atoms with Crippen LogP contribution in [0.25, 0.3) is 10.9 Å². The van der Waals surface area contributed by atoms with Gasteiger partial charge in [0.1, 0.15) is 5.75 Å². The van der Waals surface area contributed by atoms with Crippen molar-refractivity contribution in [3.05, 3.63) is 65.9 Å². The molecule has 0 aliphatic rings. The van der Waals surface area contributed by atoms with E-state index in [1.54, 1.807) is 31.3 Å². The normalized spacial score (nSPS) is 10.5. The molecule has 4 heteroatoms. The second kappa shape index (κ2) is 5.25.